The van der Waals surface area contributed by atoms with E-state index in [9.17, 15) is 9.90 Å². The van der Waals surface area contributed by atoms with Crippen LogP contribution in [0.15, 0.2) is 41.5 Å². The Balaban J connectivity index is 2.37. The number of primary amides is 1. The molecule has 0 aliphatic heterocycles. The number of carbonyl (C=O) groups excluding carboxylic acids is 1. The average Bonchev–Trinajstić information content (AvgIpc) is 2.29. The Bertz CT molecular complexity index is 593. The number of phenolic OH excluding ortho intramolecular Hbond substituents is 1. The summed E-state index contributed by atoms with van der Waals surface area (Å²) in [6.07, 6.45) is 1.34. The number of hydrazone groups is 1. The highest BCUT2D eigenvalue weighted by Gasteiger charge is 2.01. The number of hydrogen-bond donors (Lipinski definition) is 3. The van der Waals surface area contributed by atoms with Gasteiger partial charge in [0.25, 0.3) is 0 Å². The maximum atomic E-state index is 10.4. The van der Waals surface area contributed by atoms with Gasteiger partial charge in [-0.15, -0.1) is 0 Å². The van der Waals surface area contributed by atoms with Crippen molar-refractivity contribution in [2.45, 2.75) is 0 Å². The van der Waals surface area contributed by atoms with Gasteiger partial charge in [0.1, 0.15) is 5.75 Å². The highest BCUT2D eigenvalue weighted by Crippen LogP contribution is 2.23. The normalized spacial score (nSPS) is 10.8. The van der Waals surface area contributed by atoms with Gasteiger partial charge in [-0.25, -0.2) is 10.2 Å². The number of nitrogens with one attached hydrogen (secondary N) is 1. The molecule has 0 aliphatic carbocycles. The molecule has 0 atom stereocenters. The topological polar surface area (TPSA) is 87.7 Å². The molecule has 4 N–H and O–H groups in total. The molecule has 0 spiro atoms. The lowest BCUT2D eigenvalue weighted by molar-refractivity contribution is 0.249. The van der Waals surface area contributed by atoms with Crippen molar-refractivity contribution in [2.75, 3.05) is 0 Å². The molecule has 17 heavy (non-hydrogen) atoms. The number of fused-ring (bicyclic) bond motifs is 1. The maximum absolute atomic E-state index is 10.4. The number of benzene rings is 2. The van der Waals surface area contributed by atoms with Gasteiger partial charge in [-0.1, -0.05) is 24.3 Å². The van der Waals surface area contributed by atoms with Gasteiger partial charge in [-0.2, -0.15) is 5.10 Å². The SMILES string of the molecule is NC(=O)N/N=C/c1cc2ccccc2cc1O. The van der Waals surface area contributed by atoms with Crippen LogP contribution in [0, 0.1) is 0 Å². The van der Waals surface area contributed by atoms with Gasteiger partial charge in [-0.05, 0) is 22.9 Å². The van der Waals surface area contributed by atoms with Crippen molar-refractivity contribution in [3.8, 4) is 5.75 Å². The fourth-order valence-electron chi connectivity index (χ4n) is 1.51. The minimum Gasteiger partial charge on any atom is -0.507 e. The van der Waals surface area contributed by atoms with E-state index in [1.165, 1.54) is 6.21 Å². The van der Waals surface area contributed by atoms with E-state index >= 15 is 0 Å². The Morgan fingerprint density at radius 2 is 1.94 bits per heavy atom. The summed E-state index contributed by atoms with van der Waals surface area (Å²) in [5, 5.41) is 15.3. The van der Waals surface area contributed by atoms with Crippen LogP contribution in [0.2, 0.25) is 0 Å². The van der Waals surface area contributed by atoms with E-state index in [-0.39, 0.29) is 5.75 Å². The third kappa shape index (κ3) is 2.52. The van der Waals surface area contributed by atoms with E-state index in [1.54, 1.807) is 12.1 Å². The third-order valence-electron chi connectivity index (χ3n) is 2.27. The molecule has 0 radical (unpaired) electrons. The van der Waals surface area contributed by atoms with E-state index < -0.39 is 6.03 Å². The molecule has 0 fully saturated rings. The molecule has 0 aromatic heterocycles. The maximum Gasteiger partial charge on any atom is 0.332 e. The fourth-order valence-corrected chi connectivity index (χ4v) is 1.51. The highest BCUT2D eigenvalue weighted by atomic mass is 16.3. The zero-order valence-electron chi connectivity index (χ0n) is 8.92. The van der Waals surface area contributed by atoms with Gasteiger partial charge >= 0.3 is 6.03 Å². The Morgan fingerprint density at radius 1 is 1.29 bits per heavy atom. The molecule has 2 aromatic rings. The monoisotopic (exact) mass is 229 g/mol. The molecule has 0 unspecified atom stereocenters. The molecule has 2 aromatic carbocycles. The molecule has 0 saturated carbocycles. The number of amides is 2. The molecule has 5 nitrogen and oxygen atoms in total. The Kier molecular flexibility index (Phi) is 2.91. The van der Waals surface area contributed by atoms with Crippen LogP contribution in [-0.2, 0) is 0 Å². The minimum atomic E-state index is -0.749. The van der Waals surface area contributed by atoms with Crippen molar-refractivity contribution >= 4 is 23.0 Å². The molecule has 0 bridgehead atoms. The van der Waals surface area contributed by atoms with E-state index in [1.807, 2.05) is 24.3 Å². The van der Waals surface area contributed by atoms with Crippen LogP contribution in [0.3, 0.4) is 0 Å². The number of rotatable bonds is 2. The summed E-state index contributed by atoms with van der Waals surface area (Å²) >= 11 is 0. The summed E-state index contributed by atoms with van der Waals surface area (Å²) in [5.41, 5.74) is 7.44. The summed E-state index contributed by atoms with van der Waals surface area (Å²) in [6, 6.07) is 10.3. The molecular weight excluding hydrogens is 218 g/mol. The quantitative estimate of drug-likeness (QED) is 0.539. The summed E-state index contributed by atoms with van der Waals surface area (Å²) in [4.78, 5) is 10.4. The number of urea groups is 1. The van der Waals surface area contributed by atoms with E-state index in [4.69, 9.17) is 5.73 Å². The Hall–Kier alpha value is -2.56. The van der Waals surface area contributed by atoms with Crippen molar-refractivity contribution < 1.29 is 9.90 Å². The van der Waals surface area contributed by atoms with Crippen molar-refractivity contribution in [1.82, 2.24) is 5.43 Å². The number of aromatic hydroxyl groups is 1. The molecule has 86 valence electrons. The van der Waals surface area contributed by atoms with Gasteiger partial charge in [0.15, 0.2) is 0 Å². The van der Waals surface area contributed by atoms with Crippen LogP contribution >= 0.6 is 0 Å². The Morgan fingerprint density at radius 3 is 2.59 bits per heavy atom. The van der Waals surface area contributed by atoms with Gasteiger partial charge in [-0.3, -0.25) is 0 Å². The molecule has 2 amide bonds. The molecule has 0 saturated heterocycles. The molecule has 5 heteroatoms. The predicted octanol–water partition coefficient (Wildman–Crippen LogP) is 1.55. The second kappa shape index (κ2) is 4.52. The number of nitrogens with zero attached hydrogens (tertiary/aromatic N) is 1. The zero-order chi connectivity index (χ0) is 12.3. The van der Waals surface area contributed by atoms with Crippen LogP contribution < -0.4 is 11.2 Å². The first-order valence-corrected chi connectivity index (χ1v) is 4.97. The summed E-state index contributed by atoms with van der Waals surface area (Å²) in [7, 11) is 0. The predicted molar refractivity (Wildman–Crippen MR) is 65.9 cm³/mol. The lowest BCUT2D eigenvalue weighted by Gasteiger charge is -2.02. The molecular formula is C12H11N3O2. The molecule has 2 rings (SSSR count). The third-order valence-corrected chi connectivity index (χ3v) is 2.27. The summed E-state index contributed by atoms with van der Waals surface area (Å²) < 4.78 is 0. The van der Waals surface area contributed by atoms with E-state index in [0.717, 1.165) is 10.8 Å². The van der Waals surface area contributed by atoms with Crippen LogP contribution in [-0.4, -0.2) is 17.4 Å². The first-order valence-electron chi connectivity index (χ1n) is 4.97. The standard InChI is InChI=1S/C12H11N3O2/c13-12(17)15-14-7-10-5-8-3-1-2-4-9(8)6-11(10)16/h1-7,16H,(H3,13,15,17)/b14-7+. The lowest BCUT2D eigenvalue weighted by atomic mass is 10.1. The van der Waals surface area contributed by atoms with Gasteiger partial charge in [0.05, 0.1) is 6.21 Å². The number of hydrogen-bond acceptors (Lipinski definition) is 3. The van der Waals surface area contributed by atoms with Gasteiger partial charge in [0, 0.05) is 5.56 Å². The zero-order valence-corrected chi connectivity index (χ0v) is 8.92. The summed E-state index contributed by atoms with van der Waals surface area (Å²) in [6.45, 7) is 0. The molecule has 0 aliphatic rings. The van der Waals surface area contributed by atoms with Crippen molar-refractivity contribution in [3.63, 3.8) is 0 Å². The van der Waals surface area contributed by atoms with Crippen molar-refractivity contribution in [2.24, 2.45) is 10.8 Å². The minimum absolute atomic E-state index is 0.0960. The van der Waals surface area contributed by atoms with Crippen molar-refractivity contribution in [3.05, 3.63) is 42.0 Å². The van der Waals surface area contributed by atoms with Gasteiger partial charge < -0.3 is 10.8 Å². The van der Waals surface area contributed by atoms with Crippen molar-refractivity contribution in [1.29, 1.82) is 0 Å². The Labute approximate surface area is 97.6 Å². The largest absolute Gasteiger partial charge is 0.507 e. The van der Waals surface area contributed by atoms with E-state index in [2.05, 4.69) is 10.5 Å². The van der Waals surface area contributed by atoms with E-state index in [0.29, 0.717) is 5.56 Å². The summed E-state index contributed by atoms with van der Waals surface area (Å²) in [5.74, 6) is 0.0960. The number of carbonyl (C=O) groups is 1. The fraction of sp³-hybridized carbons (Fsp3) is 0. The smallest absolute Gasteiger partial charge is 0.332 e. The van der Waals surface area contributed by atoms with Crippen LogP contribution in [0.1, 0.15) is 5.56 Å². The second-order valence-electron chi connectivity index (χ2n) is 3.49. The van der Waals surface area contributed by atoms with Crippen LogP contribution in [0.25, 0.3) is 10.8 Å². The first-order chi connectivity index (χ1) is 8.16. The number of nitrogens with two attached hydrogens (primary N) is 1. The van der Waals surface area contributed by atoms with Crippen LogP contribution in [0.5, 0.6) is 5.75 Å². The lowest BCUT2D eigenvalue weighted by Crippen LogP contribution is -2.24. The number of phenols is 1. The highest BCUT2D eigenvalue weighted by molar-refractivity contribution is 5.93. The first kappa shape index (κ1) is 10.9. The second-order valence-corrected chi connectivity index (χ2v) is 3.49. The van der Waals surface area contributed by atoms with Gasteiger partial charge in [0.2, 0.25) is 0 Å². The average molecular weight is 229 g/mol. The molecule has 0 heterocycles. The van der Waals surface area contributed by atoms with Crippen LogP contribution in [0.4, 0.5) is 4.79 Å².